The summed E-state index contributed by atoms with van der Waals surface area (Å²) in [5.74, 6) is 0. The molecule has 0 aromatic heterocycles. The van der Waals surface area contributed by atoms with Crippen molar-refractivity contribution in [3.63, 3.8) is 0 Å². The molecule has 2 unspecified atom stereocenters. The molecule has 2 heterocycles. The minimum atomic E-state index is 0.0701. The molecule has 0 radical (unpaired) electrons. The molecule has 0 aromatic rings. The van der Waals surface area contributed by atoms with E-state index < -0.39 is 0 Å². The van der Waals surface area contributed by atoms with Gasteiger partial charge in [0.05, 0.1) is 17.3 Å². The highest BCUT2D eigenvalue weighted by Crippen LogP contribution is 2.42. The van der Waals surface area contributed by atoms with E-state index >= 15 is 0 Å². The van der Waals surface area contributed by atoms with Crippen molar-refractivity contribution in [2.75, 3.05) is 19.7 Å². The minimum absolute atomic E-state index is 0.0701. The van der Waals surface area contributed by atoms with Gasteiger partial charge in [0.25, 0.3) is 0 Å². The Labute approximate surface area is 111 Å². The summed E-state index contributed by atoms with van der Waals surface area (Å²) < 4.78 is 12.6. The average Bonchev–Trinajstić information content (AvgIpc) is 2.77. The highest BCUT2D eigenvalue weighted by atomic mass is 16.5. The molecule has 1 N–H and O–H groups in total. The first kappa shape index (κ1) is 12.9. The number of hydrogen-bond donors (Lipinski definition) is 1. The lowest BCUT2D eigenvalue weighted by Gasteiger charge is -2.50. The first-order chi connectivity index (χ1) is 8.76. The van der Waals surface area contributed by atoms with Crippen LogP contribution in [-0.4, -0.2) is 37.0 Å². The zero-order valence-electron chi connectivity index (χ0n) is 11.7. The number of morpholine rings is 1. The molecular weight excluding hydrogens is 226 g/mol. The molecule has 3 fully saturated rings. The average molecular weight is 253 g/mol. The van der Waals surface area contributed by atoms with Crippen molar-refractivity contribution >= 4 is 0 Å². The van der Waals surface area contributed by atoms with Gasteiger partial charge in [0.15, 0.2) is 0 Å². The van der Waals surface area contributed by atoms with Crippen molar-refractivity contribution in [1.29, 1.82) is 0 Å². The van der Waals surface area contributed by atoms with Gasteiger partial charge in [-0.3, -0.25) is 0 Å². The van der Waals surface area contributed by atoms with Crippen molar-refractivity contribution in [3.8, 4) is 0 Å². The molecule has 1 saturated carbocycles. The summed E-state index contributed by atoms with van der Waals surface area (Å²) in [6.45, 7) is 5.21. The van der Waals surface area contributed by atoms with E-state index in [0.717, 1.165) is 32.5 Å². The fraction of sp³-hybridized carbons (Fsp3) is 1.00. The van der Waals surface area contributed by atoms with Crippen LogP contribution in [-0.2, 0) is 9.47 Å². The third-order valence-corrected chi connectivity index (χ3v) is 4.96. The Morgan fingerprint density at radius 1 is 1.11 bits per heavy atom. The maximum Gasteiger partial charge on any atom is 0.0861 e. The molecule has 18 heavy (non-hydrogen) atoms. The Morgan fingerprint density at radius 3 is 2.67 bits per heavy atom. The molecule has 3 nitrogen and oxygen atoms in total. The summed E-state index contributed by atoms with van der Waals surface area (Å²) in [5, 5.41) is 3.66. The molecule has 2 aliphatic heterocycles. The lowest BCUT2D eigenvalue weighted by atomic mass is 9.84. The SMILES string of the molecule is CCCC1CC2(CCO1)CNCC1(CCCC1)O2. The van der Waals surface area contributed by atoms with Crippen molar-refractivity contribution in [3.05, 3.63) is 0 Å². The zero-order valence-corrected chi connectivity index (χ0v) is 11.7. The van der Waals surface area contributed by atoms with Crippen LogP contribution < -0.4 is 5.32 Å². The van der Waals surface area contributed by atoms with Crippen molar-refractivity contribution < 1.29 is 9.47 Å². The van der Waals surface area contributed by atoms with Crippen LogP contribution in [0.15, 0.2) is 0 Å². The molecule has 1 aliphatic carbocycles. The second-order valence-electron chi connectivity index (χ2n) is 6.51. The first-order valence-corrected chi connectivity index (χ1v) is 7.78. The van der Waals surface area contributed by atoms with E-state index in [1.54, 1.807) is 0 Å². The zero-order chi connectivity index (χ0) is 12.5. The third-order valence-electron chi connectivity index (χ3n) is 4.96. The molecule has 2 atom stereocenters. The summed E-state index contributed by atoms with van der Waals surface area (Å²) in [7, 11) is 0. The first-order valence-electron chi connectivity index (χ1n) is 7.78. The van der Waals surface area contributed by atoms with E-state index in [1.165, 1.54) is 38.5 Å². The van der Waals surface area contributed by atoms with E-state index in [1.807, 2.05) is 0 Å². The fourth-order valence-electron chi connectivity index (χ4n) is 4.10. The van der Waals surface area contributed by atoms with Crippen LogP contribution in [0.25, 0.3) is 0 Å². The lowest BCUT2D eigenvalue weighted by Crippen LogP contribution is -2.62. The van der Waals surface area contributed by atoms with Gasteiger partial charge in [0.2, 0.25) is 0 Å². The van der Waals surface area contributed by atoms with Gasteiger partial charge >= 0.3 is 0 Å². The van der Waals surface area contributed by atoms with Gasteiger partial charge in [0.1, 0.15) is 0 Å². The molecule has 2 saturated heterocycles. The molecule has 0 amide bonds. The molecule has 0 aromatic carbocycles. The van der Waals surface area contributed by atoms with Gasteiger partial charge in [-0.15, -0.1) is 0 Å². The Morgan fingerprint density at radius 2 is 1.89 bits per heavy atom. The highest BCUT2D eigenvalue weighted by Gasteiger charge is 2.48. The van der Waals surface area contributed by atoms with Crippen molar-refractivity contribution in [2.24, 2.45) is 0 Å². The summed E-state index contributed by atoms with van der Waals surface area (Å²) in [6, 6.07) is 0. The lowest BCUT2D eigenvalue weighted by molar-refractivity contribution is -0.218. The standard InChI is InChI=1S/C15H27NO2/c1-2-5-13-10-15(8-9-17-13)12-16-11-14(18-15)6-3-4-7-14/h13,16H,2-12H2,1H3. The van der Waals surface area contributed by atoms with Crippen molar-refractivity contribution in [1.82, 2.24) is 5.32 Å². The van der Waals surface area contributed by atoms with Gasteiger partial charge in [-0.05, 0) is 19.3 Å². The number of nitrogens with one attached hydrogen (secondary N) is 1. The van der Waals surface area contributed by atoms with E-state index in [9.17, 15) is 0 Å². The summed E-state index contributed by atoms with van der Waals surface area (Å²) in [4.78, 5) is 0. The minimum Gasteiger partial charge on any atom is -0.378 e. The number of rotatable bonds is 2. The molecule has 2 spiro atoms. The smallest absolute Gasteiger partial charge is 0.0861 e. The largest absolute Gasteiger partial charge is 0.378 e. The van der Waals surface area contributed by atoms with E-state index in [0.29, 0.717) is 6.10 Å². The van der Waals surface area contributed by atoms with Gasteiger partial charge in [-0.25, -0.2) is 0 Å². The topological polar surface area (TPSA) is 30.5 Å². The van der Waals surface area contributed by atoms with Gasteiger partial charge in [-0.1, -0.05) is 26.2 Å². The van der Waals surface area contributed by atoms with Crippen LogP contribution >= 0.6 is 0 Å². The molecule has 0 bridgehead atoms. The molecule has 3 rings (SSSR count). The Bertz CT molecular complexity index is 282. The van der Waals surface area contributed by atoms with Gasteiger partial charge < -0.3 is 14.8 Å². The fourth-order valence-corrected chi connectivity index (χ4v) is 4.10. The quantitative estimate of drug-likeness (QED) is 0.820. The predicted molar refractivity (Wildman–Crippen MR) is 71.8 cm³/mol. The molecule has 104 valence electrons. The van der Waals surface area contributed by atoms with Crippen LogP contribution in [0.3, 0.4) is 0 Å². The Hall–Kier alpha value is -0.120. The molecular formula is C15H27NO2. The van der Waals surface area contributed by atoms with Crippen molar-refractivity contribution in [2.45, 2.75) is 75.6 Å². The van der Waals surface area contributed by atoms with Crippen LogP contribution in [0.4, 0.5) is 0 Å². The predicted octanol–water partition coefficient (Wildman–Crippen LogP) is 2.64. The molecule has 3 aliphatic rings. The summed E-state index contributed by atoms with van der Waals surface area (Å²) in [6.07, 6.45) is 10.2. The number of hydrogen-bond acceptors (Lipinski definition) is 3. The molecule has 3 heteroatoms. The van der Waals surface area contributed by atoms with Crippen LogP contribution in [0.1, 0.15) is 58.3 Å². The summed E-state index contributed by atoms with van der Waals surface area (Å²) in [5.41, 5.74) is 0.229. The maximum absolute atomic E-state index is 6.70. The maximum atomic E-state index is 6.70. The van der Waals surface area contributed by atoms with Gasteiger partial charge in [-0.2, -0.15) is 0 Å². The Kier molecular flexibility index (Phi) is 3.65. The second-order valence-corrected chi connectivity index (χ2v) is 6.51. The monoisotopic (exact) mass is 253 g/mol. The van der Waals surface area contributed by atoms with E-state index in [4.69, 9.17) is 9.47 Å². The highest BCUT2D eigenvalue weighted by molar-refractivity contribution is 5.01. The second kappa shape index (κ2) is 5.10. The van der Waals surface area contributed by atoms with E-state index in [2.05, 4.69) is 12.2 Å². The van der Waals surface area contributed by atoms with Gasteiger partial charge in [0, 0.05) is 32.5 Å². The normalized spacial score (nSPS) is 39.5. The Balaban J connectivity index is 1.69. The number of ether oxygens (including phenoxy) is 2. The summed E-state index contributed by atoms with van der Waals surface area (Å²) >= 11 is 0. The van der Waals surface area contributed by atoms with Crippen LogP contribution in [0, 0.1) is 0 Å². The van der Waals surface area contributed by atoms with Crippen LogP contribution in [0.5, 0.6) is 0 Å². The van der Waals surface area contributed by atoms with Crippen LogP contribution in [0.2, 0.25) is 0 Å². The third kappa shape index (κ3) is 2.45. The van der Waals surface area contributed by atoms with E-state index in [-0.39, 0.29) is 11.2 Å².